The minimum atomic E-state index is -0.531. The second-order valence-corrected chi connectivity index (χ2v) is 6.54. The number of benzene rings is 1. The van der Waals surface area contributed by atoms with E-state index < -0.39 is 11.7 Å². The van der Waals surface area contributed by atoms with E-state index in [9.17, 15) is 9.90 Å². The summed E-state index contributed by atoms with van der Waals surface area (Å²) in [6.45, 7) is 5.74. The summed E-state index contributed by atoms with van der Waals surface area (Å²) in [4.78, 5) is 15.6. The lowest BCUT2D eigenvalue weighted by molar-refractivity contribution is 0.0529. The van der Waals surface area contributed by atoms with Crippen LogP contribution >= 0.6 is 11.6 Å². The molecule has 0 saturated heterocycles. The molecule has 1 amide bonds. The number of aromatic hydroxyl groups is 1. The molecule has 0 saturated carbocycles. The molecule has 126 valence electrons. The molecule has 2 N–H and O–H groups in total. The normalized spacial score (nSPS) is 10.8. The number of hydrogen-bond donors (Lipinski definition) is 2. The maximum Gasteiger partial charge on any atom is 0.407 e. The number of phenolic OH excluding ortho intramolecular Hbond substituents is 1. The lowest BCUT2D eigenvalue weighted by Crippen LogP contribution is -2.32. The number of phenols is 1. The standard InChI is InChI=1S/C18H19ClN2O3/c1-18(2,3)24-17(23)21-9-5-4-7-12-11-14(19)13-8-6-10-20-15(13)16(12)22/h6,8,10-11,22H,5,9H2,1-3H3,(H,21,23). The molecule has 0 aliphatic rings. The van der Waals surface area contributed by atoms with Crippen molar-refractivity contribution in [3.05, 3.63) is 35.0 Å². The molecule has 1 aromatic carbocycles. The number of aromatic nitrogens is 1. The highest BCUT2D eigenvalue weighted by molar-refractivity contribution is 6.35. The molecule has 0 fully saturated rings. The molecule has 1 heterocycles. The summed E-state index contributed by atoms with van der Waals surface area (Å²) in [6, 6.07) is 5.14. The van der Waals surface area contributed by atoms with Gasteiger partial charge in [-0.2, -0.15) is 0 Å². The molecule has 0 bridgehead atoms. The molecular weight excluding hydrogens is 328 g/mol. The van der Waals surface area contributed by atoms with Crippen LogP contribution in [0.25, 0.3) is 10.9 Å². The Balaban J connectivity index is 2.00. The SMILES string of the molecule is CC(C)(C)OC(=O)NCCC#Cc1cc(Cl)c2cccnc2c1O. The van der Waals surface area contributed by atoms with Crippen molar-refractivity contribution in [2.24, 2.45) is 0 Å². The van der Waals surface area contributed by atoms with E-state index in [-0.39, 0.29) is 5.75 Å². The lowest BCUT2D eigenvalue weighted by Gasteiger charge is -2.19. The second kappa shape index (κ2) is 7.41. The Hall–Kier alpha value is -2.45. The summed E-state index contributed by atoms with van der Waals surface area (Å²) in [6.07, 6.45) is 1.52. The maximum absolute atomic E-state index is 11.5. The van der Waals surface area contributed by atoms with Gasteiger partial charge in [-0.3, -0.25) is 4.98 Å². The first kappa shape index (κ1) is 17.9. The number of ether oxygens (including phenoxy) is 1. The average Bonchev–Trinajstić information content (AvgIpc) is 2.50. The van der Waals surface area contributed by atoms with Gasteiger partial charge >= 0.3 is 6.09 Å². The van der Waals surface area contributed by atoms with Crippen LogP contribution in [0.1, 0.15) is 32.8 Å². The number of nitrogens with zero attached hydrogens (tertiary/aromatic N) is 1. The number of amides is 1. The van der Waals surface area contributed by atoms with E-state index in [1.54, 1.807) is 45.2 Å². The van der Waals surface area contributed by atoms with Crippen molar-refractivity contribution in [1.29, 1.82) is 0 Å². The quantitative estimate of drug-likeness (QED) is 0.639. The first-order chi connectivity index (χ1) is 11.3. The number of halogens is 1. The Morgan fingerprint density at radius 3 is 2.92 bits per heavy atom. The van der Waals surface area contributed by atoms with Gasteiger partial charge in [-0.15, -0.1) is 0 Å². The Morgan fingerprint density at radius 1 is 1.46 bits per heavy atom. The van der Waals surface area contributed by atoms with Crippen LogP contribution < -0.4 is 5.32 Å². The summed E-state index contributed by atoms with van der Waals surface area (Å²) in [5.41, 5.74) is 0.292. The molecular formula is C18H19ClN2O3. The van der Waals surface area contributed by atoms with Gasteiger partial charge in [0, 0.05) is 24.5 Å². The molecule has 6 heteroatoms. The summed E-state index contributed by atoms with van der Waals surface area (Å²) in [7, 11) is 0. The van der Waals surface area contributed by atoms with Gasteiger partial charge in [0.25, 0.3) is 0 Å². The van der Waals surface area contributed by atoms with Gasteiger partial charge in [-0.25, -0.2) is 4.79 Å². The van der Waals surface area contributed by atoms with Crippen molar-refractivity contribution in [3.8, 4) is 17.6 Å². The van der Waals surface area contributed by atoms with Crippen molar-refractivity contribution in [1.82, 2.24) is 10.3 Å². The van der Waals surface area contributed by atoms with Crippen LogP contribution in [0, 0.1) is 11.8 Å². The van der Waals surface area contributed by atoms with Crippen LogP contribution in [0.5, 0.6) is 5.75 Å². The zero-order valence-corrected chi connectivity index (χ0v) is 14.6. The fraction of sp³-hybridized carbons (Fsp3) is 0.333. The monoisotopic (exact) mass is 346 g/mol. The van der Waals surface area contributed by atoms with Crippen molar-refractivity contribution in [2.75, 3.05) is 6.54 Å². The molecule has 0 radical (unpaired) electrons. The van der Waals surface area contributed by atoms with Crippen molar-refractivity contribution >= 4 is 28.6 Å². The van der Waals surface area contributed by atoms with Gasteiger partial charge in [0.1, 0.15) is 11.1 Å². The first-order valence-electron chi connectivity index (χ1n) is 7.50. The minimum Gasteiger partial charge on any atom is -0.504 e. The largest absolute Gasteiger partial charge is 0.504 e. The lowest BCUT2D eigenvalue weighted by atomic mass is 10.1. The van der Waals surface area contributed by atoms with Crippen LogP contribution in [0.3, 0.4) is 0 Å². The van der Waals surface area contributed by atoms with E-state index >= 15 is 0 Å². The molecule has 0 unspecified atom stereocenters. The number of carbonyl (C=O) groups is 1. The van der Waals surface area contributed by atoms with Crippen molar-refractivity contribution in [2.45, 2.75) is 32.8 Å². The number of fused-ring (bicyclic) bond motifs is 1. The number of nitrogens with one attached hydrogen (secondary N) is 1. The van der Waals surface area contributed by atoms with Gasteiger partial charge in [0.05, 0.1) is 10.6 Å². The fourth-order valence-corrected chi connectivity index (χ4v) is 2.24. The third-order valence-electron chi connectivity index (χ3n) is 2.96. The predicted octanol–water partition coefficient (Wildman–Crippen LogP) is 3.86. The Labute approximate surface area is 146 Å². The Bertz CT molecular complexity index is 817. The molecule has 0 spiro atoms. The van der Waals surface area contributed by atoms with Crippen LogP contribution in [-0.2, 0) is 4.74 Å². The third kappa shape index (κ3) is 4.77. The van der Waals surface area contributed by atoms with Gasteiger partial charge in [0.2, 0.25) is 0 Å². The van der Waals surface area contributed by atoms with E-state index in [0.29, 0.717) is 34.5 Å². The van der Waals surface area contributed by atoms with Crippen LogP contribution in [0.4, 0.5) is 4.79 Å². The zero-order chi connectivity index (χ0) is 17.7. The third-order valence-corrected chi connectivity index (χ3v) is 3.27. The van der Waals surface area contributed by atoms with Crippen LogP contribution in [-0.4, -0.2) is 28.3 Å². The summed E-state index contributed by atoms with van der Waals surface area (Å²) in [5, 5.41) is 14.0. The van der Waals surface area contributed by atoms with E-state index in [4.69, 9.17) is 16.3 Å². The van der Waals surface area contributed by atoms with E-state index in [1.165, 1.54) is 0 Å². The van der Waals surface area contributed by atoms with Gasteiger partial charge in [-0.1, -0.05) is 23.4 Å². The fourth-order valence-electron chi connectivity index (χ4n) is 1.98. The highest BCUT2D eigenvalue weighted by Gasteiger charge is 2.15. The molecule has 2 rings (SSSR count). The van der Waals surface area contributed by atoms with Crippen LogP contribution in [0.2, 0.25) is 5.02 Å². The highest BCUT2D eigenvalue weighted by atomic mass is 35.5. The summed E-state index contributed by atoms with van der Waals surface area (Å²) in [5.74, 6) is 5.74. The van der Waals surface area contributed by atoms with E-state index in [0.717, 1.165) is 0 Å². The number of carbonyl (C=O) groups excluding carboxylic acids is 1. The second-order valence-electron chi connectivity index (χ2n) is 6.13. The predicted molar refractivity (Wildman–Crippen MR) is 94.1 cm³/mol. The van der Waals surface area contributed by atoms with Crippen molar-refractivity contribution in [3.63, 3.8) is 0 Å². The van der Waals surface area contributed by atoms with Crippen LogP contribution in [0.15, 0.2) is 24.4 Å². The van der Waals surface area contributed by atoms with E-state index in [2.05, 4.69) is 22.1 Å². The molecule has 0 aliphatic carbocycles. The number of hydrogen-bond acceptors (Lipinski definition) is 4. The zero-order valence-electron chi connectivity index (χ0n) is 13.8. The first-order valence-corrected chi connectivity index (χ1v) is 7.87. The van der Waals surface area contributed by atoms with E-state index in [1.807, 2.05) is 0 Å². The minimum absolute atomic E-state index is 0.00241. The summed E-state index contributed by atoms with van der Waals surface area (Å²) < 4.78 is 5.12. The summed E-state index contributed by atoms with van der Waals surface area (Å²) >= 11 is 6.18. The molecule has 0 atom stereocenters. The van der Waals surface area contributed by atoms with Gasteiger partial charge < -0.3 is 15.2 Å². The van der Waals surface area contributed by atoms with Gasteiger partial charge in [-0.05, 0) is 39.0 Å². The Morgan fingerprint density at radius 2 is 2.21 bits per heavy atom. The topological polar surface area (TPSA) is 71.5 Å². The molecule has 2 aromatic rings. The number of alkyl carbamates (subject to hydrolysis) is 1. The molecule has 1 aromatic heterocycles. The smallest absolute Gasteiger partial charge is 0.407 e. The maximum atomic E-state index is 11.5. The number of pyridine rings is 1. The Kier molecular flexibility index (Phi) is 5.53. The molecule has 0 aliphatic heterocycles. The average molecular weight is 347 g/mol. The highest BCUT2D eigenvalue weighted by Crippen LogP contribution is 2.32. The van der Waals surface area contributed by atoms with Crippen molar-refractivity contribution < 1.29 is 14.6 Å². The van der Waals surface area contributed by atoms with Gasteiger partial charge in [0.15, 0.2) is 5.75 Å². The molecule has 24 heavy (non-hydrogen) atoms. The number of rotatable bonds is 2. The molecule has 5 nitrogen and oxygen atoms in total.